The lowest BCUT2D eigenvalue weighted by atomic mass is 9.86. The minimum atomic E-state index is -0.434. The average molecular weight is 266 g/mol. The number of nitrogens with zero attached hydrogens (tertiary/aromatic N) is 1. The van der Waals surface area contributed by atoms with Crippen molar-refractivity contribution in [2.24, 2.45) is 5.73 Å². The van der Waals surface area contributed by atoms with Crippen LogP contribution in [0.15, 0.2) is 18.2 Å². The van der Waals surface area contributed by atoms with Crippen LogP contribution in [0.1, 0.15) is 18.9 Å². The topological polar surface area (TPSA) is 87.6 Å². The third kappa shape index (κ3) is 2.85. The summed E-state index contributed by atoms with van der Waals surface area (Å²) >= 11 is 0. The van der Waals surface area contributed by atoms with Gasteiger partial charge in [-0.05, 0) is 25.5 Å². The fourth-order valence-electron chi connectivity index (χ4n) is 2.19. The Labute approximate surface area is 111 Å². The van der Waals surface area contributed by atoms with Gasteiger partial charge >= 0.3 is 5.69 Å². The molecule has 6 nitrogen and oxygen atoms in total. The van der Waals surface area contributed by atoms with Crippen LogP contribution in [0.5, 0.6) is 5.75 Å². The van der Waals surface area contributed by atoms with Gasteiger partial charge in [0.1, 0.15) is 12.2 Å². The molecule has 0 radical (unpaired) electrons. The van der Waals surface area contributed by atoms with Crippen LogP contribution in [0, 0.1) is 17.0 Å². The van der Waals surface area contributed by atoms with Crippen molar-refractivity contribution in [2.45, 2.75) is 38.5 Å². The molecule has 0 amide bonds. The minimum Gasteiger partial charge on any atom is -0.481 e. The number of nitrogens with two attached hydrogens (primary N) is 1. The molecule has 104 valence electrons. The summed E-state index contributed by atoms with van der Waals surface area (Å²) in [4.78, 5) is 10.6. The van der Waals surface area contributed by atoms with Crippen molar-refractivity contribution in [3.05, 3.63) is 33.9 Å². The molecule has 0 aliphatic heterocycles. The zero-order chi connectivity index (χ0) is 14.0. The van der Waals surface area contributed by atoms with Gasteiger partial charge in [0.05, 0.1) is 4.92 Å². The van der Waals surface area contributed by atoms with Crippen LogP contribution in [0.25, 0.3) is 0 Å². The fourth-order valence-corrected chi connectivity index (χ4v) is 2.19. The molecule has 19 heavy (non-hydrogen) atoms. The molecule has 3 atom stereocenters. The zero-order valence-corrected chi connectivity index (χ0v) is 11.0. The third-order valence-corrected chi connectivity index (χ3v) is 3.24. The first kappa shape index (κ1) is 13.8. The van der Waals surface area contributed by atoms with Crippen molar-refractivity contribution >= 4 is 5.69 Å². The zero-order valence-electron chi connectivity index (χ0n) is 11.0. The molecule has 1 aliphatic rings. The van der Waals surface area contributed by atoms with E-state index in [4.69, 9.17) is 15.2 Å². The summed E-state index contributed by atoms with van der Waals surface area (Å²) in [7, 11) is 0. The van der Waals surface area contributed by atoms with E-state index in [0.29, 0.717) is 13.0 Å². The van der Waals surface area contributed by atoms with Gasteiger partial charge in [-0.3, -0.25) is 10.1 Å². The van der Waals surface area contributed by atoms with Gasteiger partial charge in [0.25, 0.3) is 0 Å². The predicted molar refractivity (Wildman–Crippen MR) is 70.3 cm³/mol. The van der Waals surface area contributed by atoms with E-state index in [1.165, 1.54) is 6.07 Å². The average Bonchev–Trinajstić information content (AvgIpc) is 2.37. The third-order valence-electron chi connectivity index (χ3n) is 3.24. The lowest BCUT2D eigenvalue weighted by molar-refractivity contribution is -0.386. The quantitative estimate of drug-likeness (QED) is 0.648. The Balaban J connectivity index is 2.13. The normalized spacial score (nSPS) is 25.7. The first-order valence-electron chi connectivity index (χ1n) is 6.31. The van der Waals surface area contributed by atoms with Crippen molar-refractivity contribution in [2.75, 3.05) is 6.61 Å². The van der Waals surface area contributed by atoms with Crippen LogP contribution in [-0.4, -0.2) is 29.8 Å². The van der Waals surface area contributed by atoms with Gasteiger partial charge in [-0.2, -0.15) is 0 Å². The summed E-state index contributed by atoms with van der Waals surface area (Å²) in [6.07, 6.45) is 0.248. The van der Waals surface area contributed by atoms with E-state index in [2.05, 4.69) is 0 Å². The lowest BCUT2D eigenvalue weighted by Gasteiger charge is -2.41. The lowest BCUT2D eigenvalue weighted by Crippen LogP contribution is -2.59. The van der Waals surface area contributed by atoms with Crippen molar-refractivity contribution in [3.8, 4) is 5.75 Å². The molecule has 0 aromatic heterocycles. The SMILES string of the molecule is CCOC1C(N)CC1Oc1ccc(C)cc1[N+](=O)[O-]. The number of hydrogen-bond donors (Lipinski definition) is 1. The Hall–Kier alpha value is -1.66. The van der Waals surface area contributed by atoms with E-state index < -0.39 is 4.92 Å². The fraction of sp³-hybridized carbons (Fsp3) is 0.538. The van der Waals surface area contributed by atoms with Crippen molar-refractivity contribution in [1.29, 1.82) is 0 Å². The van der Waals surface area contributed by atoms with Crippen LogP contribution in [0.2, 0.25) is 0 Å². The highest BCUT2D eigenvalue weighted by Gasteiger charge is 2.42. The molecule has 1 aromatic rings. The van der Waals surface area contributed by atoms with E-state index in [9.17, 15) is 10.1 Å². The van der Waals surface area contributed by atoms with Crippen LogP contribution < -0.4 is 10.5 Å². The molecule has 0 spiro atoms. The van der Waals surface area contributed by atoms with E-state index in [1.54, 1.807) is 19.1 Å². The second-order valence-electron chi connectivity index (χ2n) is 4.70. The summed E-state index contributed by atoms with van der Waals surface area (Å²) in [5.41, 5.74) is 6.64. The predicted octanol–water partition coefficient (Wildman–Crippen LogP) is 1.79. The molecular weight excluding hydrogens is 248 g/mol. The Bertz CT molecular complexity index is 478. The summed E-state index contributed by atoms with van der Waals surface area (Å²) in [5, 5.41) is 11.0. The van der Waals surface area contributed by atoms with Crippen molar-refractivity contribution in [1.82, 2.24) is 0 Å². The van der Waals surface area contributed by atoms with Crippen LogP contribution in [0.3, 0.4) is 0 Å². The summed E-state index contributed by atoms with van der Waals surface area (Å²) in [6, 6.07) is 4.86. The molecule has 1 saturated carbocycles. The van der Waals surface area contributed by atoms with Gasteiger partial charge in [0, 0.05) is 25.1 Å². The summed E-state index contributed by atoms with van der Waals surface area (Å²) in [5.74, 6) is 0.275. The van der Waals surface area contributed by atoms with Gasteiger partial charge in [-0.1, -0.05) is 6.07 Å². The number of benzene rings is 1. The van der Waals surface area contributed by atoms with Gasteiger partial charge in [-0.15, -0.1) is 0 Å². The highest BCUT2D eigenvalue weighted by molar-refractivity contribution is 5.48. The second-order valence-corrected chi connectivity index (χ2v) is 4.70. The van der Waals surface area contributed by atoms with Gasteiger partial charge < -0.3 is 15.2 Å². The Morgan fingerprint density at radius 3 is 2.84 bits per heavy atom. The number of ether oxygens (including phenoxy) is 2. The number of nitro benzene ring substituents is 1. The van der Waals surface area contributed by atoms with E-state index in [1.807, 2.05) is 6.92 Å². The molecule has 1 aromatic carbocycles. The molecule has 6 heteroatoms. The van der Waals surface area contributed by atoms with Crippen molar-refractivity contribution in [3.63, 3.8) is 0 Å². The molecule has 2 N–H and O–H groups in total. The Morgan fingerprint density at radius 2 is 2.26 bits per heavy atom. The maximum atomic E-state index is 11.0. The first-order valence-corrected chi connectivity index (χ1v) is 6.31. The molecule has 1 fully saturated rings. The smallest absolute Gasteiger partial charge is 0.311 e. The van der Waals surface area contributed by atoms with Gasteiger partial charge in [-0.25, -0.2) is 0 Å². The number of rotatable bonds is 5. The first-order chi connectivity index (χ1) is 9.02. The van der Waals surface area contributed by atoms with E-state index in [0.717, 1.165) is 5.56 Å². The summed E-state index contributed by atoms with van der Waals surface area (Å²) in [6.45, 7) is 4.24. The molecule has 0 bridgehead atoms. The van der Waals surface area contributed by atoms with Crippen LogP contribution >= 0.6 is 0 Å². The molecule has 2 rings (SSSR count). The molecule has 0 saturated heterocycles. The maximum Gasteiger partial charge on any atom is 0.311 e. The highest BCUT2D eigenvalue weighted by Crippen LogP contribution is 2.33. The standard InChI is InChI=1S/C13H18N2O4/c1-3-18-13-9(14)7-12(13)19-11-5-4-8(2)6-10(11)15(16)17/h4-6,9,12-13H,3,7,14H2,1-2H3. The van der Waals surface area contributed by atoms with E-state index >= 15 is 0 Å². The molecule has 3 unspecified atom stereocenters. The Kier molecular flexibility index (Phi) is 4.01. The largest absolute Gasteiger partial charge is 0.481 e. The van der Waals surface area contributed by atoms with E-state index in [-0.39, 0.29) is 29.7 Å². The van der Waals surface area contributed by atoms with Crippen molar-refractivity contribution < 1.29 is 14.4 Å². The number of aryl methyl sites for hydroxylation is 1. The highest BCUT2D eigenvalue weighted by atomic mass is 16.6. The van der Waals surface area contributed by atoms with Gasteiger partial charge in [0.15, 0.2) is 5.75 Å². The maximum absolute atomic E-state index is 11.0. The second kappa shape index (κ2) is 5.54. The monoisotopic (exact) mass is 266 g/mol. The minimum absolute atomic E-state index is 0.0179. The molecular formula is C13H18N2O4. The van der Waals surface area contributed by atoms with Gasteiger partial charge in [0.2, 0.25) is 0 Å². The van der Waals surface area contributed by atoms with Crippen LogP contribution in [-0.2, 0) is 4.74 Å². The number of hydrogen-bond acceptors (Lipinski definition) is 5. The van der Waals surface area contributed by atoms with Crippen LogP contribution in [0.4, 0.5) is 5.69 Å². The Morgan fingerprint density at radius 1 is 1.53 bits per heavy atom. The summed E-state index contributed by atoms with van der Waals surface area (Å²) < 4.78 is 11.2. The molecule has 0 heterocycles. The number of nitro groups is 1. The molecule has 1 aliphatic carbocycles.